The summed E-state index contributed by atoms with van der Waals surface area (Å²) in [6, 6.07) is 94.3. The third-order valence-electron chi connectivity index (χ3n) is 23.6. The van der Waals surface area contributed by atoms with Gasteiger partial charge in [0.05, 0.1) is 91.0 Å². The van der Waals surface area contributed by atoms with Crippen molar-refractivity contribution in [3.8, 4) is 41.4 Å². The number of nitrogens with two attached hydrogens (primary N) is 4. The molecule has 0 aromatic heterocycles. The number of nitrogen functional groups attached to an aromatic ring is 3. The van der Waals surface area contributed by atoms with Gasteiger partial charge in [0.2, 0.25) is 0 Å². The Morgan fingerprint density at radius 3 is 1.13 bits per heavy atom. The van der Waals surface area contributed by atoms with Crippen molar-refractivity contribution in [3.05, 3.63) is 340 Å². The third kappa shape index (κ3) is 27.2. The Morgan fingerprint density at radius 1 is 0.492 bits per heavy atom. The molecule has 0 aliphatic carbocycles. The molecular formula is C111H130IN6O11PdSi2-. The average molecular weight is 2010 g/mol. The molecule has 0 radical (unpaired) electrons. The van der Waals surface area contributed by atoms with Crippen molar-refractivity contribution in [2.75, 3.05) is 43.6 Å². The van der Waals surface area contributed by atoms with E-state index in [0.717, 1.165) is 23.3 Å². The molecule has 11 aromatic rings. The zero-order valence-electron chi connectivity index (χ0n) is 78.8. The molecule has 0 saturated carbocycles. The number of halogens is 1. The molecular weight excluding hydrogens is 1880 g/mol. The molecule has 4 heterocycles. The molecule has 4 aliphatic rings. The van der Waals surface area contributed by atoms with Gasteiger partial charge in [-0.3, -0.25) is 29.0 Å². The number of anilines is 3. The molecule has 11 aromatic carbocycles. The maximum atomic E-state index is 13.3. The van der Waals surface area contributed by atoms with E-state index >= 15 is 0 Å². The van der Waals surface area contributed by atoms with E-state index in [-0.39, 0.29) is 116 Å². The van der Waals surface area contributed by atoms with Gasteiger partial charge in [0.25, 0.3) is 16.6 Å². The molecule has 4 aliphatic heterocycles. The van der Waals surface area contributed by atoms with Crippen molar-refractivity contribution in [1.82, 2.24) is 9.80 Å². The molecule has 0 bridgehead atoms. The largest absolute Gasteiger partial charge is 0.487 e. The van der Waals surface area contributed by atoms with E-state index in [2.05, 4.69) is 329 Å². The average Bonchev–Trinajstić information content (AvgIpc) is 0.763. The van der Waals surface area contributed by atoms with Gasteiger partial charge in [0.1, 0.15) is 34.1 Å². The number of terminal acetylenes is 1. The molecule has 1 saturated heterocycles. The number of carbonyl (C=O) groups is 4. The Labute approximate surface area is 812 Å². The van der Waals surface area contributed by atoms with E-state index in [1.165, 1.54) is 61.9 Å². The molecule has 696 valence electrons. The molecule has 0 spiro atoms. The van der Waals surface area contributed by atoms with E-state index in [1.54, 1.807) is 6.07 Å². The van der Waals surface area contributed by atoms with Gasteiger partial charge in [-0.05, 0) is 173 Å². The van der Waals surface area contributed by atoms with Gasteiger partial charge in [-0.1, -0.05) is 302 Å². The van der Waals surface area contributed by atoms with Gasteiger partial charge in [0, 0.05) is 80.4 Å². The monoisotopic (exact) mass is 2010 g/mol. The van der Waals surface area contributed by atoms with Gasteiger partial charge in [0.15, 0.2) is 23.1 Å². The number of nitrogens with zero attached hydrogens (tertiary/aromatic N) is 2. The van der Waals surface area contributed by atoms with Crippen LogP contribution in [0.25, 0.3) is 0 Å². The molecule has 21 heteroatoms. The number of hydrogen-bond acceptors (Lipinski definition) is 17. The molecule has 132 heavy (non-hydrogen) atoms. The molecule has 15 rings (SSSR count). The topological polar surface area (TPSA) is 254 Å². The van der Waals surface area contributed by atoms with Gasteiger partial charge in [-0.25, -0.2) is 0 Å². The predicted octanol–water partition coefficient (Wildman–Crippen LogP) is 19.4. The minimum atomic E-state index is -2.88. The first-order chi connectivity index (χ1) is 62.0. The summed E-state index contributed by atoms with van der Waals surface area (Å²) in [6.07, 6.45) is 10.1. The number of hydrogen-bond donors (Lipinski definition) is 5. The Balaban J connectivity index is 0.000000209. The number of Topliss-reactive ketones (excluding diaryl/α,β-unsaturated/α-hetero) is 4. The Hall–Kier alpha value is -10.4. The van der Waals surface area contributed by atoms with E-state index in [9.17, 15) is 19.2 Å². The zero-order chi connectivity index (χ0) is 93.6. The molecule has 4 atom stereocenters. The predicted molar refractivity (Wildman–Crippen MR) is 546 cm³/mol. The van der Waals surface area contributed by atoms with Crippen LogP contribution in [0.2, 0.25) is 10.1 Å². The summed E-state index contributed by atoms with van der Waals surface area (Å²) in [5.41, 5.74) is 30.5. The number of fused-ring (bicyclic) bond motifs is 3. The van der Waals surface area contributed by atoms with Crippen LogP contribution in [-0.2, 0) is 60.2 Å². The Morgan fingerprint density at radius 2 is 0.811 bits per heavy atom. The second kappa shape index (κ2) is 47.5. The zero-order valence-corrected chi connectivity index (χ0v) is 84.5. The van der Waals surface area contributed by atoms with Crippen molar-refractivity contribution < 1.29 is 72.5 Å². The van der Waals surface area contributed by atoms with Crippen LogP contribution in [0.1, 0.15) is 198 Å². The molecule has 0 amide bonds. The number of carbonyl (C=O) groups excluding carboxylic acids is 4. The van der Waals surface area contributed by atoms with E-state index in [0.29, 0.717) is 84.1 Å². The van der Waals surface area contributed by atoms with Crippen molar-refractivity contribution >= 4 is 100 Å². The van der Waals surface area contributed by atoms with Gasteiger partial charge < -0.3 is 63.3 Å². The Bertz CT molecular complexity index is 5550. The van der Waals surface area contributed by atoms with Crippen molar-refractivity contribution in [2.24, 2.45) is 5.73 Å². The summed E-state index contributed by atoms with van der Waals surface area (Å²) in [5.74, 6) is 11.3. The summed E-state index contributed by atoms with van der Waals surface area (Å²) in [6.45, 7) is 31.6. The fourth-order valence-electron chi connectivity index (χ4n) is 17.2. The third-order valence-corrected chi connectivity index (χ3v) is 34.5. The first-order valence-electron chi connectivity index (χ1n) is 44.7. The number of rotatable bonds is 24. The van der Waals surface area contributed by atoms with Crippen LogP contribution in [0.15, 0.2) is 279 Å². The van der Waals surface area contributed by atoms with Gasteiger partial charge in [-0.2, -0.15) is 0 Å². The first-order valence-corrected chi connectivity index (χ1v) is 49.6. The number of ether oxygens (including phenoxy) is 4. The van der Waals surface area contributed by atoms with E-state index in [4.69, 9.17) is 62.3 Å². The summed E-state index contributed by atoms with van der Waals surface area (Å²) < 4.78 is 38.4. The second-order valence-electron chi connectivity index (χ2n) is 37.6. The van der Waals surface area contributed by atoms with Crippen LogP contribution < -0.4 is 57.9 Å². The normalized spacial score (nSPS) is 15.7. The summed E-state index contributed by atoms with van der Waals surface area (Å²) in [7, 11) is -5.56. The number of aliphatic hydroxyl groups excluding tert-OH is 1. The molecule has 1 fully saturated rings. The fourth-order valence-corrected chi connectivity index (χ4v) is 26.8. The first kappa shape index (κ1) is 105. The van der Waals surface area contributed by atoms with Gasteiger partial charge >= 0.3 is 0 Å². The van der Waals surface area contributed by atoms with Crippen molar-refractivity contribution in [1.29, 1.82) is 0 Å². The van der Waals surface area contributed by atoms with Crippen LogP contribution >= 0.6 is 22.6 Å². The van der Waals surface area contributed by atoms with Gasteiger partial charge in [-0.15, -0.1) is 6.42 Å². The van der Waals surface area contributed by atoms with E-state index in [1.807, 2.05) is 77.9 Å². The van der Waals surface area contributed by atoms with E-state index < -0.39 is 39.5 Å². The quantitative estimate of drug-likeness (QED) is 0.00941. The smallest absolute Gasteiger partial charge is 0.261 e. The SMILES string of the molecule is C#C[C@H](CO[Si](c1ccccc1)(c1ccccc1)C(C)(C)C)N(Cc1ccccc1)Cc1ccccc1.CC1(C)CC(=O)c2c(ccc(C#C[C@H](CO[Si](c3ccccc3)(c3ccccc3)C(C)(C)C)N(Cc3ccccc3)Cc3ccccc3)c2N)O1.CC1(C)CC(=O)c2c(ccc(C(=O)C[C@@H](N)CO)c2N)O1.CC1(C)CC(=O)c2c(ccc(I)c2N)O1.CC1CCCO1.[CH3-].[Pd]. The number of aliphatic hydroxyl groups is 1. The second-order valence-corrected chi connectivity index (χ2v) is 47.4. The fraction of sp³-hybridized carbons (Fsp3) is 0.324. The van der Waals surface area contributed by atoms with Crippen LogP contribution in [0.3, 0.4) is 0 Å². The molecule has 1 unspecified atom stereocenters. The van der Waals surface area contributed by atoms with Crippen LogP contribution in [0.4, 0.5) is 17.1 Å². The molecule has 9 N–H and O–H groups in total. The molecule has 17 nitrogen and oxygen atoms in total. The van der Waals surface area contributed by atoms with Crippen LogP contribution in [0, 0.1) is 35.2 Å². The summed E-state index contributed by atoms with van der Waals surface area (Å²) >= 11 is 2.12. The number of benzene rings is 11. The maximum absolute atomic E-state index is 13.3. The van der Waals surface area contributed by atoms with Crippen molar-refractivity contribution in [2.45, 2.75) is 206 Å². The Kier molecular flexibility index (Phi) is 37.8. The van der Waals surface area contributed by atoms with Crippen LogP contribution in [-0.4, -0.2) is 122 Å². The summed E-state index contributed by atoms with van der Waals surface area (Å²) in [4.78, 5) is 54.3. The van der Waals surface area contributed by atoms with Crippen LogP contribution in [0.5, 0.6) is 17.2 Å². The van der Waals surface area contributed by atoms with Crippen molar-refractivity contribution in [3.63, 3.8) is 0 Å². The number of ketones is 4. The minimum absolute atomic E-state index is 0. The minimum Gasteiger partial charge on any atom is -0.487 e. The standard InChI is InChI=1S/C45H48N2O3Si.C34H37NOSi.C15H20N2O4.C11H12INO2.C5H10O.CH3.Pd/c1-44(2,3)51(38-22-14-8-15-23-38,39-24-16-9-17-25-39)49-33-37(47(31-34-18-10-6-11-19-34)32-35-20-12-7-13-21-35)28-26-36-27-29-41-42(43(36)46)40(48)30-45(4,5)50-41;1-5-31(35(26-29-18-10-6-11-19-29)27-30-20-12-7-13-21-30)28-36-37(34(2,3)4,32-22-14-8-15-23-32)33-24-16-9-17-25-33;1-15(2)6-11(20)13-12(21-15)4-3-9(14(13)17)10(19)5-8(16)7-18;1-11(2)5-7(14)9-8(15-11)4-3-6(12)10(9)13;1-5-3-2-4-6-5;;/h6-25,27,29,37H,30-33,46H2,1-5H3;1,6-25,31H,26-28H2,2-4H3;3-4,8,18H,5-7,16-17H2,1-2H3;3-4H,5,13H2,1-2H3;5H,2-4H2,1H3;1H3;/q;;;;;-1;/t37-;31-;8-;;;;/m111..../s1. The maximum Gasteiger partial charge on any atom is 0.261 e. The summed E-state index contributed by atoms with van der Waals surface area (Å²) in [5, 5.41) is 13.6.